The van der Waals surface area contributed by atoms with Crippen molar-refractivity contribution in [1.82, 2.24) is 10.6 Å². The van der Waals surface area contributed by atoms with Crippen molar-refractivity contribution < 1.29 is 19.4 Å². The molecule has 0 radical (unpaired) electrons. The summed E-state index contributed by atoms with van der Waals surface area (Å²) >= 11 is 0. The number of hydrogen-bond acceptors (Lipinski definition) is 5. The van der Waals surface area contributed by atoms with Crippen molar-refractivity contribution in [3.8, 4) is 17.2 Å². The van der Waals surface area contributed by atoms with Crippen molar-refractivity contribution >= 4 is 41.5 Å². The zero-order valence-electron chi connectivity index (χ0n) is 16.7. The Morgan fingerprint density at radius 2 is 1.79 bits per heavy atom. The third-order valence-corrected chi connectivity index (χ3v) is 3.81. The Hall–Kier alpha value is -2.69. The summed E-state index contributed by atoms with van der Waals surface area (Å²) in [6.45, 7) is 3.34. The van der Waals surface area contributed by atoms with Crippen LogP contribution in [-0.4, -0.2) is 50.8 Å². The van der Waals surface area contributed by atoms with Crippen LogP contribution in [0, 0.1) is 0 Å². The number of para-hydroxylation sites is 1. The van der Waals surface area contributed by atoms with E-state index in [1.54, 1.807) is 38.5 Å². The zero-order chi connectivity index (χ0) is 20.4. The molecule has 158 valence electrons. The molecule has 9 heteroatoms. The highest BCUT2D eigenvalue weighted by atomic mass is 127. The van der Waals surface area contributed by atoms with E-state index in [9.17, 15) is 9.90 Å². The molecule has 0 unspecified atom stereocenters. The van der Waals surface area contributed by atoms with Crippen LogP contribution in [0.1, 0.15) is 17.3 Å². The van der Waals surface area contributed by atoms with Crippen LogP contribution in [0.3, 0.4) is 0 Å². The van der Waals surface area contributed by atoms with Crippen molar-refractivity contribution in [1.29, 1.82) is 0 Å². The van der Waals surface area contributed by atoms with Gasteiger partial charge >= 0.3 is 0 Å². The molecule has 1 amide bonds. The monoisotopic (exact) mass is 514 g/mol. The van der Waals surface area contributed by atoms with E-state index in [-0.39, 0.29) is 41.2 Å². The fraction of sp³-hybridized carbons (Fsp3) is 0.300. The summed E-state index contributed by atoms with van der Waals surface area (Å²) in [5, 5.41) is 18.8. The molecule has 2 aromatic carbocycles. The van der Waals surface area contributed by atoms with Gasteiger partial charge in [0.2, 0.25) is 0 Å². The highest BCUT2D eigenvalue weighted by molar-refractivity contribution is 14.0. The van der Waals surface area contributed by atoms with Gasteiger partial charge < -0.3 is 30.5 Å². The Morgan fingerprint density at radius 3 is 2.45 bits per heavy atom. The average molecular weight is 514 g/mol. The summed E-state index contributed by atoms with van der Waals surface area (Å²) in [5.74, 6) is 1.43. The van der Waals surface area contributed by atoms with Crippen LogP contribution in [0.15, 0.2) is 47.5 Å². The second-order valence-electron chi connectivity index (χ2n) is 5.73. The first-order chi connectivity index (χ1) is 13.6. The lowest BCUT2D eigenvalue weighted by Gasteiger charge is -2.14. The van der Waals surface area contributed by atoms with Gasteiger partial charge in [-0.1, -0.05) is 12.1 Å². The first-order valence-electron chi connectivity index (χ1n) is 8.92. The third kappa shape index (κ3) is 7.33. The van der Waals surface area contributed by atoms with Crippen molar-refractivity contribution in [3.63, 3.8) is 0 Å². The summed E-state index contributed by atoms with van der Waals surface area (Å²) in [7, 11) is 3.16. The number of guanidine groups is 1. The maximum Gasteiger partial charge on any atom is 0.255 e. The van der Waals surface area contributed by atoms with Gasteiger partial charge in [0.1, 0.15) is 5.75 Å². The highest BCUT2D eigenvalue weighted by Gasteiger charge is 2.09. The molecule has 0 fully saturated rings. The van der Waals surface area contributed by atoms with E-state index in [4.69, 9.17) is 9.47 Å². The maximum absolute atomic E-state index is 12.1. The Balaban J connectivity index is 0.00000420. The Kier molecular flexibility index (Phi) is 10.7. The Labute approximate surface area is 187 Å². The molecule has 8 nitrogen and oxygen atoms in total. The van der Waals surface area contributed by atoms with E-state index in [0.717, 1.165) is 5.69 Å². The normalized spacial score (nSPS) is 10.5. The molecular weight excluding hydrogens is 487 g/mol. The van der Waals surface area contributed by atoms with Gasteiger partial charge in [-0.2, -0.15) is 0 Å². The first kappa shape index (κ1) is 24.3. The molecule has 0 aliphatic rings. The van der Waals surface area contributed by atoms with Gasteiger partial charge in [0.15, 0.2) is 17.5 Å². The number of amides is 1. The number of rotatable bonds is 8. The molecule has 2 rings (SSSR count). The third-order valence-electron chi connectivity index (χ3n) is 3.81. The highest BCUT2D eigenvalue weighted by Crippen LogP contribution is 2.29. The van der Waals surface area contributed by atoms with Crippen molar-refractivity contribution in [3.05, 3.63) is 48.0 Å². The van der Waals surface area contributed by atoms with E-state index in [1.807, 2.05) is 19.1 Å². The Bertz CT molecular complexity index is 830. The molecule has 0 saturated carbocycles. The summed E-state index contributed by atoms with van der Waals surface area (Å²) in [5.41, 5.74) is 1.03. The molecular formula is C20H27IN4O4. The van der Waals surface area contributed by atoms with Crippen LogP contribution in [0.4, 0.5) is 5.69 Å². The molecule has 0 heterocycles. The van der Waals surface area contributed by atoms with Gasteiger partial charge in [0.05, 0.1) is 26.3 Å². The average Bonchev–Trinajstić information content (AvgIpc) is 2.71. The minimum Gasteiger partial charge on any atom is -0.507 e. The van der Waals surface area contributed by atoms with E-state index in [2.05, 4.69) is 20.9 Å². The number of hydrogen-bond donors (Lipinski definition) is 4. The summed E-state index contributed by atoms with van der Waals surface area (Å²) in [4.78, 5) is 16.5. The number of aromatic hydroxyl groups is 1. The van der Waals surface area contributed by atoms with E-state index in [1.165, 1.54) is 6.07 Å². The number of anilines is 1. The SMILES string of the molecule is CCNC(=NCCNC(=O)c1ccccc1O)Nc1ccc(OC)c(OC)c1.I. The largest absolute Gasteiger partial charge is 0.507 e. The predicted octanol–water partition coefficient (Wildman–Crippen LogP) is 2.83. The molecule has 0 bridgehead atoms. The van der Waals surface area contributed by atoms with Gasteiger partial charge in [-0.05, 0) is 31.2 Å². The standard InChI is InChI=1S/C20H26N4O4.HI/c1-4-21-20(24-14-9-10-17(27-2)18(13-14)28-3)23-12-11-22-19(26)15-7-5-6-8-16(15)25;/h5-10,13,25H,4,11-12H2,1-3H3,(H,22,26)(H2,21,23,24);1H. The number of halogens is 1. The number of benzene rings is 2. The summed E-state index contributed by atoms with van der Waals surface area (Å²) in [6, 6.07) is 11.9. The zero-order valence-corrected chi connectivity index (χ0v) is 19.0. The molecule has 0 atom stereocenters. The van der Waals surface area contributed by atoms with Gasteiger partial charge in [-0.25, -0.2) is 0 Å². The predicted molar refractivity (Wildman–Crippen MR) is 125 cm³/mol. The van der Waals surface area contributed by atoms with Gasteiger partial charge in [-0.3, -0.25) is 9.79 Å². The number of aliphatic imine (C=N–C) groups is 1. The van der Waals surface area contributed by atoms with E-state index < -0.39 is 0 Å². The fourth-order valence-corrected chi connectivity index (χ4v) is 2.46. The molecule has 4 N–H and O–H groups in total. The van der Waals surface area contributed by atoms with Crippen LogP contribution in [-0.2, 0) is 0 Å². The lowest BCUT2D eigenvalue weighted by Crippen LogP contribution is -2.32. The van der Waals surface area contributed by atoms with Crippen molar-refractivity contribution in [2.45, 2.75) is 6.92 Å². The molecule has 0 aliphatic carbocycles. The number of nitrogens with zero attached hydrogens (tertiary/aromatic N) is 1. The number of methoxy groups -OCH3 is 2. The first-order valence-corrected chi connectivity index (χ1v) is 8.92. The molecule has 0 aliphatic heterocycles. The number of carbonyl (C=O) groups excluding carboxylic acids is 1. The molecule has 0 spiro atoms. The smallest absolute Gasteiger partial charge is 0.255 e. The molecule has 2 aromatic rings. The van der Waals surface area contributed by atoms with Crippen molar-refractivity contribution in [2.24, 2.45) is 4.99 Å². The number of ether oxygens (including phenoxy) is 2. The van der Waals surface area contributed by atoms with Gasteiger partial charge in [-0.15, -0.1) is 24.0 Å². The van der Waals surface area contributed by atoms with Crippen LogP contribution in [0.25, 0.3) is 0 Å². The topological polar surface area (TPSA) is 104 Å². The van der Waals surface area contributed by atoms with Crippen LogP contribution in [0.2, 0.25) is 0 Å². The number of phenolic OH excluding ortho intramolecular Hbond substituents is 1. The number of phenols is 1. The van der Waals surface area contributed by atoms with E-state index >= 15 is 0 Å². The van der Waals surface area contributed by atoms with Crippen LogP contribution in [0.5, 0.6) is 17.2 Å². The molecule has 29 heavy (non-hydrogen) atoms. The molecule has 0 aromatic heterocycles. The molecule has 0 saturated heterocycles. The van der Waals surface area contributed by atoms with Crippen LogP contribution >= 0.6 is 24.0 Å². The summed E-state index contributed by atoms with van der Waals surface area (Å²) < 4.78 is 10.5. The number of carbonyl (C=O) groups is 1. The second-order valence-corrected chi connectivity index (χ2v) is 5.73. The van der Waals surface area contributed by atoms with Crippen LogP contribution < -0.4 is 25.4 Å². The lowest BCUT2D eigenvalue weighted by atomic mass is 10.2. The van der Waals surface area contributed by atoms with Gasteiger partial charge in [0.25, 0.3) is 5.91 Å². The minimum atomic E-state index is -0.342. The quantitative estimate of drug-likeness (QED) is 0.187. The fourth-order valence-electron chi connectivity index (χ4n) is 2.46. The number of nitrogens with one attached hydrogen (secondary N) is 3. The summed E-state index contributed by atoms with van der Waals surface area (Å²) in [6.07, 6.45) is 0. The lowest BCUT2D eigenvalue weighted by molar-refractivity contribution is 0.0952. The minimum absolute atomic E-state index is 0. The van der Waals surface area contributed by atoms with Crippen molar-refractivity contribution in [2.75, 3.05) is 39.2 Å². The van der Waals surface area contributed by atoms with E-state index in [0.29, 0.717) is 37.1 Å². The van der Waals surface area contributed by atoms with Gasteiger partial charge in [0, 0.05) is 24.8 Å². The maximum atomic E-state index is 12.1. The Morgan fingerprint density at radius 1 is 1.07 bits per heavy atom. The second kappa shape index (κ2) is 12.7.